The van der Waals surface area contributed by atoms with E-state index in [4.69, 9.17) is 4.74 Å². The Hall–Kier alpha value is -1.01. The second-order valence-electron chi connectivity index (χ2n) is 11.0. The van der Waals surface area contributed by atoms with Crippen LogP contribution in [0.4, 0.5) is 16.9 Å². The van der Waals surface area contributed by atoms with E-state index in [1.165, 1.54) is 119 Å². The molecule has 0 N–H and O–H groups in total. The minimum absolute atomic E-state index is 0.272. The van der Waals surface area contributed by atoms with E-state index in [1.807, 2.05) is 0 Å². The standard InChI is InChI=1S/C33H53OS.6FH.Sb/c1-3-5-6-7-8-9-10-11-12-13-14-15-16-17-18-22-29-34-32-25-27-33(28-26-32)35(4-2)30-31-23-20-19-21-24-31;;;;;;;/h19-21,23-28H,3-18,22,29-30H2,1-2H3;6*1H;/q+1;;;;;;;+5/p-6. The van der Waals surface area contributed by atoms with Crippen LogP contribution in [-0.4, -0.2) is 31.8 Å². The van der Waals surface area contributed by atoms with Crippen LogP contribution in [0, 0.1) is 0 Å². The first-order valence-electron chi connectivity index (χ1n) is 15.8. The molecule has 0 bridgehead atoms. The predicted octanol–water partition coefficient (Wildman–Crippen LogP) is 12.7. The zero-order chi connectivity index (χ0) is 31.2. The van der Waals surface area contributed by atoms with Crippen LogP contribution in [0.1, 0.15) is 122 Å². The molecule has 0 spiro atoms. The zero-order valence-electron chi connectivity index (χ0n) is 25.7. The first-order valence-corrected chi connectivity index (χ1v) is 23.1. The van der Waals surface area contributed by atoms with Crippen molar-refractivity contribution < 1.29 is 21.6 Å². The van der Waals surface area contributed by atoms with Crippen LogP contribution in [-0.2, 0) is 16.6 Å². The summed E-state index contributed by atoms with van der Waals surface area (Å²) in [5, 5.41) is 0. The monoisotopic (exact) mass is 732 g/mol. The molecule has 0 radical (unpaired) electrons. The number of rotatable bonds is 22. The van der Waals surface area contributed by atoms with Gasteiger partial charge < -0.3 is 4.74 Å². The van der Waals surface area contributed by atoms with Crippen LogP contribution < -0.4 is 4.74 Å². The summed E-state index contributed by atoms with van der Waals surface area (Å²) in [4.78, 5) is 1.45. The molecule has 0 aliphatic rings. The van der Waals surface area contributed by atoms with Crippen LogP contribution in [0.15, 0.2) is 59.5 Å². The van der Waals surface area contributed by atoms with E-state index in [2.05, 4.69) is 68.4 Å². The molecule has 2 aromatic carbocycles. The third kappa shape index (κ3) is 26.6. The summed E-state index contributed by atoms with van der Waals surface area (Å²) in [6, 6.07) is 19.8. The summed E-state index contributed by atoms with van der Waals surface area (Å²) in [6.07, 6.45) is 22.5. The molecule has 9 heteroatoms. The van der Waals surface area contributed by atoms with E-state index in [0.717, 1.165) is 18.1 Å². The van der Waals surface area contributed by atoms with Gasteiger partial charge in [-0.05, 0) is 37.6 Å². The third-order valence-corrected chi connectivity index (χ3v) is 9.27. The van der Waals surface area contributed by atoms with Gasteiger partial charge in [0, 0.05) is 16.5 Å². The summed E-state index contributed by atoms with van der Waals surface area (Å²) < 4.78 is 65.6. The number of ether oxygens (including phenoxy) is 1. The SMILES string of the molecule is CCCCCCCCCCCCCCCCCCOc1ccc([S+](CC)Cc2ccccc2)cc1.[F][Sb-]([F])([F])([F])([F])[F]. The van der Waals surface area contributed by atoms with E-state index < -0.39 is 19.5 Å². The van der Waals surface area contributed by atoms with Gasteiger partial charge in [0.2, 0.25) is 0 Å². The normalized spacial score (nSPS) is 13.9. The van der Waals surface area contributed by atoms with Gasteiger partial charge in [-0.3, -0.25) is 0 Å². The number of halogens is 6. The van der Waals surface area contributed by atoms with Crippen molar-refractivity contribution in [3.8, 4) is 5.75 Å². The Balaban J connectivity index is 0.00000112. The van der Waals surface area contributed by atoms with E-state index in [9.17, 15) is 16.9 Å². The second kappa shape index (κ2) is 20.1. The first-order chi connectivity index (χ1) is 19.8. The van der Waals surface area contributed by atoms with Crippen molar-refractivity contribution in [1.29, 1.82) is 0 Å². The molecule has 2 rings (SSSR count). The number of hydrogen-bond donors (Lipinski definition) is 0. The molecule has 1 unspecified atom stereocenters. The quantitative estimate of drug-likeness (QED) is 0.0507. The van der Waals surface area contributed by atoms with Gasteiger partial charge in [-0.2, -0.15) is 0 Å². The average molecular weight is 734 g/mol. The average Bonchev–Trinajstić information content (AvgIpc) is 2.93. The van der Waals surface area contributed by atoms with Gasteiger partial charge in [0.15, 0.2) is 4.90 Å². The molecule has 0 saturated heterocycles. The van der Waals surface area contributed by atoms with Crippen molar-refractivity contribution in [2.24, 2.45) is 0 Å². The van der Waals surface area contributed by atoms with Gasteiger partial charge in [0.25, 0.3) is 0 Å². The summed E-state index contributed by atoms with van der Waals surface area (Å²) in [5.41, 5.74) is 1.43. The first kappa shape index (κ1) is 39.0. The van der Waals surface area contributed by atoms with Gasteiger partial charge in [-0.1, -0.05) is 134 Å². The second-order valence-corrected chi connectivity index (χ2v) is 18.8. The molecule has 1 nitrogen and oxygen atoms in total. The molecule has 0 amide bonds. The summed E-state index contributed by atoms with van der Waals surface area (Å²) in [6.45, 7) is 5.44. The van der Waals surface area contributed by atoms with Gasteiger partial charge >= 0.3 is 36.4 Å². The molecule has 0 heterocycles. The molecular weight excluding hydrogens is 680 g/mol. The molecule has 42 heavy (non-hydrogen) atoms. The van der Waals surface area contributed by atoms with Gasteiger partial charge in [-0.15, -0.1) is 0 Å². The Morgan fingerprint density at radius 3 is 1.36 bits per heavy atom. The maximum absolute atomic E-state index is 11.2. The molecule has 0 saturated carbocycles. The number of unbranched alkanes of at least 4 members (excludes halogenated alkanes) is 15. The van der Waals surface area contributed by atoms with Crippen molar-refractivity contribution in [2.45, 2.75) is 127 Å². The van der Waals surface area contributed by atoms with Gasteiger partial charge in [0.1, 0.15) is 17.3 Å². The Morgan fingerprint density at radius 1 is 0.548 bits per heavy atom. The molecule has 0 aliphatic carbocycles. The van der Waals surface area contributed by atoms with Crippen molar-refractivity contribution in [3.63, 3.8) is 0 Å². The van der Waals surface area contributed by atoms with Crippen LogP contribution in [0.5, 0.6) is 5.75 Å². The topological polar surface area (TPSA) is 9.23 Å². The molecule has 0 fully saturated rings. The van der Waals surface area contributed by atoms with Crippen LogP contribution in [0.3, 0.4) is 0 Å². The Kier molecular flexibility index (Phi) is 18.7. The minimum atomic E-state index is -11.2. The fraction of sp³-hybridized carbons (Fsp3) is 0.636. The van der Waals surface area contributed by atoms with Crippen LogP contribution in [0.25, 0.3) is 0 Å². The van der Waals surface area contributed by atoms with Crippen molar-refractivity contribution in [2.75, 3.05) is 12.4 Å². The summed E-state index contributed by atoms with van der Waals surface area (Å²) in [5.74, 6) is 3.35. The summed E-state index contributed by atoms with van der Waals surface area (Å²) >= 11 is -11.2. The van der Waals surface area contributed by atoms with E-state index in [-0.39, 0.29) is 10.9 Å². The Bertz CT molecular complexity index is 912. The van der Waals surface area contributed by atoms with Crippen molar-refractivity contribution >= 4 is 30.4 Å². The Morgan fingerprint density at radius 2 is 0.952 bits per heavy atom. The van der Waals surface area contributed by atoms with Crippen molar-refractivity contribution in [3.05, 3.63) is 60.2 Å². The molecule has 244 valence electrons. The molecule has 0 aliphatic heterocycles. The fourth-order valence-electron chi connectivity index (χ4n) is 4.70. The number of hydrogen-bond acceptors (Lipinski definition) is 1. The summed E-state index contributed by atoms with van der Waals surface area (Å²) in [7, 11) is 0.272. The van der Waals surface area contributed by atoms with Crippen molar-refractivity contribution in [1.82, 2.24) is 0 Å². The maximum atomic E-state index is 9.93. The fourth-order valence-corrected chi connectivity index (χ4v) is 6.52. The Labute approximate surface area is 256 Å². The molecule has 0 aromatic heterocycles. The van der Waals surface area contributed by atoms with E-state index in [0.29, 0.717) is 0 Å². The zero-order valence-corrected chi connectivity index (χ0v) is 29.0. The molecule has 2 aromatic rings. The number of benzene rings is 2. The molecule has 1 atom stereocenters. The van der Waals surface area contributed by atoms with E-state index >= 15 is 0 Å². The van der Waals surface area contributed by atoms with Gasteiger partial charge in [0.05, 0.1) is 6.61 Å². The third-order valence-electron chi connectivity index (χ3n) is 6.96. The van der Waals surface area contributed by atoms with E-state index in [1.54, 1.807) is 0 Å². The predicted molar refractivity (Wildman–Crippen MR) is 170 cm³/mol. The van der Waals surface area contributed by atoms with Gasteiger partial charge in [-0.25, -0.2) is 0 Å². The molecular formula is C33H53F6OSSb. The van der Waals surface area contributed by atoms with Crippen LogP contribution in [0.2, 0.25) is 0 Å². The van der Waals surface area contributed by atoms with Crippen LogP contribution >= 0.6 is 0 Å².